The SMILES string of the molecule is CNC(=O)CNC(=O)CSc1nc2ccccc2c(=O)n1-c1ccc(C)cc1. The van der Waals surface area contributed by atoms with Crippen molar-refractivity contribution >= 4 is 34.5 Å². The molecule has 0 fully saturated rings. The van der Waals surface area contributed by atoms with E-state index in [1.165, 1.54) is 11.6 Å². The molecule has 1 heterocycles. The molecule has 2 amide bonds. The number of thioether (sulfide) groups is 1. The summed E-state index contributed by atoms with van der Waals surface area (Å²) in [6, 6.07) is 14.7. The molecule has 0 radical (unpaired) electrons. The number of carbonyl (C=O) groups is 2. The van der Waals surface area contributed by atoms with Crippen LogP contribution in [0, 0.1) is 6.92 Å². The Balaban J connectivity index is 1.95. The van der Waals surface area contributed by atoms with Crippen LogP contribution in [-0.2, 0) is 9.59 Å². The van der Waals surface area contributed by atoms with Crippen LogP contribution in [-0.4, -0.2) is 40.7 Å². The molecule has 8 heteroatoms. The van der Waals surface area contributed by atoms with E-state index in [9.17, 15) is 14.4 Å². The monoisotopic (exact) mass is 396 g/mol. The van der Waals surface area contributed by atoms with Gasteiger partial charge in [-0.2, -0.15) is 0 Å². The maximum absolute atomic E-state index is 13.1. The standard InChI is InChI=1S/C20H20N4O3S/c1-13-7-9-14(10-8-13)24-19(27)15-5-3-4-6-16(15)23-20(24)28-12-18(26)22-11-17(25)21-2/h3-10H,11-12H2,1-2H3,(H,21,25)(H,22,26). The number of rotatable bonds is 6. The molecule has 0 aliphatic rings. The van der Waals surface area contributed by atoms with Crippen molar-refractivity contribution in [2.45, 2.75) is 12.1 Å². The lowest BCUT2D eigenvalue weighted by Crippen LogP contribution is -2.36. The van der Waals surface area contributed by atoms with E-state index in [1.54, 1.807) is 18.2 Å². The number of hydrogen-bond acceptors (Lipinski definition) is 5. The van der Waals surface area contributed by atoms with Crippen molar-refractivity contribution in [1.82, 2.24) is 20.2 Å². The first-order valence-corrected chi connectivity index (χ1v) is 9.67. The summed E-state index contributed by atoms with van der Waals surface area (Å²) in [5, 5.41) is 5.90. The van der Waals surface area contributed by atoms with Gasteiger partial charge in [-0.05, 0) is 31.2 Å². The lowest BCUT2D eigenvalue weighted by Gasteiger charge is -2.13. The topological polar surface area (TPSA) is 93.1 Å². The van der Waals surface area contributed by atoms with Crippen LogP contribution in [0.4, 0.5) is 0 Å². The van der Waals surface area contributed by atoms with Crippen LogP contribution >= 0.6 is 11.8 Å². The Hall–Kier alpha value is -3.13. The third-order valence-electron chi connectivity index (χ3n) is 4.09. The number of likely N-dealkylation sites (N-methyl/N-ethyl adjacent to an activating group) is 1. The number of hydrogen-bond donors (Lipinski definition) is 2. The van der Waals surface area contributed by atoms with Gasteiger partial charge < -0.3 is 10.6 Å². The third-order valence-corrected chi connectivity index (χ3v) is 5.03. The predicted molar refractivity (Wildman–Crippen MR) is 110 cm³/mol. The van der Waals surface area contributed by atoms with Gasteiger partial charge in [-0.15, -0.1) is 0 Å². The van der Waals surface area contributed by atoms with Gasteiger partial charge in [0, 0.05) is 7.05 Å². The van der Waals surface area contributed by atoms with E-state index < -0.39 is 0 Å². The van der Waals surface area contributed by atoms with Gasteiger partial charge in [0.05, 0.1) is 28.9 Å². The fraction of sp³-hybridized carbons (Fsp3) is 0.200. The van der Waals surface area contributed by atoms with E-state index in [0.717, 1.165) is 17.3 Å². The number of amides is 2. The van der Waals surface area contributed by atoms with Gasteiger partial charge in [-0.3, -0.25) is 19.0 Å². The lowest BCUT2D eigenvalue weighted by molar-refractivity contribution is -0.124. The summed E-state index contributed by atoms with van der Waals surface area (Å²) in [5.41, 5.74) is 2.14. The molecule has 0 aliphatic carbocycles. The second kappa shape index (κ2) is 8.71. The van der Waals surface area contributed by atoms with E-state index in [1.807, 2.05) is 37.3 Å². The Morgan fingerprint density at radius 3 is 2.50 bits per heavy atom. The summed E-state index contributed by atoms with van der Waals surface area (Å²) in [6.45, 7) is 1.88. The largest absolute Gasteiger partial charge is 0.358 e. The summed E-state index contributed by atoms with van der Waals surface area (Å²) in [7, 11) is 1.50. The predicted octanol–water partition coefficient (Wildman–Crippen LogP) is 1.65. The zero-order valence-corrected chi connectivity index (χ0v) is 16.4. The van der Waals surface area contributed by atoms with E-state index in [-0.39, 0.29) is 29.7 Å². The molecule has 1 aromatic heterocycles. The van der Waals surface area contributed by atoms with Gasteiger partial charge >= 0.3 is 0 Å². The highest BCUT2D eigenvalue weighted by molar-refractivity contribution is 7.99. The minimum atomic E-state index is -0.313. The summed E-state index contributed by atoms with van der Waals surface area (Å²) < 4.78 is 1.51. The zero-order valence-electron chi connectivity index (χ0n) is 15.6. The number of nitrogens with one attached hydrogen (secondary N) is 2. The number of para-hydroxylation sites is 1. The van der Waals surface area contributed by atoms with Crippen LogP contribution in [0.1, 0.15) is 5.56 Å². The quantitative estimate of drug-likeness (QED) is 0.488. The molecule has 0 unspecified atom stereocenters. The van der Waals surface area contributed by atoms with Gasteiger partial charge in [0.1, 0.15) is 0 Å². The Kier molecular flexibility index (Phi) is 6.10. The third kappa shape index (κ3) is 4.40. The highest BCUT2D eigenvalue weighted by Gasteiger charge is 2.15. The number of benzene rings is 2. The Morgan fingerprint density at radius 2 is 1.79 bits per heavy atom. The molecule has 0 spiro atoms. The van der Waals surface area contributed by atoms with Gasteiger partial charge in [0.25, 0.3) is 5.56 Å². The molecule has 2 N–H and O–H groups in total. The van der Waals surface area contributed by atoms with Crippen LogP contribution in [0.15, 0.2) is 58.5 Å². The van der Waals surface area contributed by atoms with Crippen LogP contribution in [0.5, 0.6) is 0 Å². The fourth-order valence-corrected chi connectivity index (χ4v) is 3.42. The zero-order chi connectivity index (χ0) is 20.1. The lowest BCUT2D eigenvalue weighted by atomic mass is 10.2. The molecule has 0 atom stereocenters. The van der Waals surface area contributed by atoms with Crippen molar-refractivity contribution in [3.63, 3.8) is 0 Å². The van der Waals surface area contributed by atoms with Crippen LogP contribution in [0.3, 0.4) is 0 Å². The summed E-state index contributed by atoms with van der Waals surface area (Å²) >= 11 is 1.15. The van der Waals surface area contributed by atoms with Gasteiger partial charge in [0.2, 0.25) is 11.8 Å². The van der Waals surface area contributed by atoms with E-state index >= 15 is 0 Å². The molecular formula is C20H20N4O3S. The molecule has 144 valence electrons. The second-order valence-corrected chi connectivity index (χ2v) is 7.07. The van der Waals surface area contributed by atoms with E-state index in [4.69, 9.17) is 0 Å². The van der Waals surface area contributed by atoms with Crippen molar-refractivity contribution in [2.24, 2.45) is 0 Å². The molecule has 3 aromatic rings. The first-order valence-electron chi connectivity index (χ1n) is 8.68. The van der Waals surface area contributed by atoms with E-state index in [0.29, 0.717) is 21.7 Å². The minimum absolute atomic E-state index is 0.0354. The van der Waals surface area contributed by atoms with Crippen LogP contribution < -0.4 is 16.2 Å². The van der Waals surface area contributed by atoms with E-state index in [2.05, 4.69) is 15.6 Å². The first-order chi connectivity index (χ1) is 13.5. The number of nitrogens with zero attached hydrogens (tertiary/aromatic N) is 2. The Morgan fingerprint density at radius 1 is 1.07 bits per heavy atom. The highest BCUT2D eigenvalue weighted by Crippen LogP contribution is 2.21. The molecule has 0 aliphatic heterocycles. The average molecular weight is 396 g/mol. The molecule has 28 heavy (non-hydrogen) atoms. The maximum atomic E-state index is 13.1. The molecule has 7 nitrogen and oxygen atoms in total. The maximum Gasteiger partial charge on any atom is 0.266 e. The molecular weight excluding hydrogens is 376 g/mol. The van der Waals surface area contributed by atoms with Crippen LogP contribution in [0.2, 0.25) is 0 Å². The summed E-state index contributed by atoms with van der Waals surface area (Å²) in [6.07, 6.45) is 0. The molecule has 3 rings (SSSR count). The van der Waals surface area contributed by atoms with Gasteiger partial charge in [-0.25, -0.2) is 4.98 Å². The summed E-state index contributed by atoms with van der Waals surface area (Å²) in [5.74, 6) is -0.557. The van der Waals surface area contributed by atoms with Crippen molar-refractivity contribution in [3.05, 3.63) is 64.4 Å². The van der Waals surface area contributed by atoms with Crippen LogP contribution in [0.25, 0.3) is 16.6 Å². The highest BCUT2D eigenvalue weighted by atomic mass is 32.2. The smallest absolute Gasteiger partial charge is 0.266 e. The number of aromatic nitrogens is 2. The van der Waals surface area contributed by atoms with Crippen molar-refractivity contribution in [2.75, 3.05) is 19.3 Å². The molecule has 0 saturated heterocycles. The molecule has 0 saturated carbocycles. The first kappa shape index (κ1) is 19.6. The number of carbonyl (C=O) groups excluding carboxylic acids is 2. The van der Waals surface area contributed by atoms with Gasteiger partial charge in [-0.1, -0.05) is 41.6 Å². The normalized spacial score (nSPS) is 10.6. The minimum Gasteiger partial charge on any atom is -0.358 e. The van der Waals surface area contributed by atoms with Crippen molar-refractivity contribution < 1.29 is 9.59 Å². The van der Waals surface area contributed by atoms with Gasteiger partial charge in [0.15, 0.2) is 5.16 Å². The second-order valence-electron chi connectivity index (χ2n) is 6.13. The van der Waals surface area contributed by atoms with Crippen molar-refractivity contribution in [1.29, 1.82) is 0 Å². The Labute approximate surface area is 166 Å². The molecule has 0 bridgehead atoms. The fourth-order valence-electron chi connectivity index (χ4n) is 2.58. The Bertz CT molecular complexity index is 1080. The molecule has 2 aromatic carbocycles. The average Bonchev–Trinajstić information content (AvgIpc) is 2.71. The number of aryl methyl sites for hydroxylation is 1. The number of fused-ring (bicyclic) bond motifs is 1. The van der Waals surface area contributed by atoms with Crippen molar-refractivity contribution in [3.8, 4) is 5.69 Å². The summed E-state index contributed by atoms with van der Waals surface area (Å²) in [4.78, 5) is 41.0.